The van der Waals surface area contributed by atoms with Crippen LogP contribution in [0.1, 0.15) is 43.1 Å². The summed E-state index contributed by atoms with van der Waals surface area (Å²) in [6, 6.07) is 11.3. The summed E-state index contributed by atoms with van der Waals surface area (Å²) in [4.78, 5) is 28.1. The lowest BCUT2D eigenvalue weighted by molar-refractivity contribution is 0.0938. The van der Waals surface area contributed by atoms with E-state index in [2.05, 4.69) is 15.0 Å². The first kappa shape index (κ1) is 21.6. The third kappa shape index (κ3) is 4.38. The minimum absolute atomic E-state index is 0.0501. The Hall–Kier alpha value is -3.13. The van der Waals surface area contributed by atoms with Crippen LogP contribution in [0.2, 0.25) is 0 Å². The molecule has 158 valence electrons. The van der Waals surface area contributed by atoms with E-state index in [0.717, 1.165) is 12.0 Å². The van der Waals surface area contributed by atoms with Gasteiger partial charge in [-0.2, -0.15) is 0 Å². The van der Waals surface area contributed by atoms with Crippen LogP contribution in [-0.2, 0) is 16.4 Å². The summed E-state index contributed by atoms with van der Waals surface area (Å²) in [5.41, 5.74) is 1.24. The van der Waals surface area contributed by atoms with Crippen molar-refractivity contribution in [3.8, 4) is 0 Å². The molecule has 0 saturated carbocycles. The van der Waals surface area contributed by atoms with Crippen molar-refractivity contribution in [2.24, 2.45) is 0 Å². The number of pyridine rings is 1. The van der Waals surface area contributed by atoms with Gasteiger partial charge in [-0.1, -0.05) is 32.0 Å². The maximum atomic E-state index is 12.9. The topological polar surface area (TPSA) is 108 Å². The van der Waals surface area contributed by atoms with Crippen LogP contribution in [0, 0.1) is 0 Å². The molecular weight excluding hydrogens is 402 g/mol. The van der Waals surface area contributed by atoms with Gasteiger partial charge in [0.1, 0.15) is 5.56 Å². The van der Waals surface area contributed by atoms with Crippen LogP contribution in [0.25, 0.3) is 10.9 Å². The lowest BCUT2D eigenvalue weighted by Gasteiger charge is -2.13. The second-order valence-electron chi connectivity index (χ2n) is 7.14. The Morgan fingerprint density at radius 2 is 1.87 bits per heavy atom. The first-order valence-corrected chi connectivity index (χ1v) is 11.3. The highest BCUT2D eigenvalue weighted by Crippen LogP contribution is 2.22. The third-order valence-corrected chi connectivity index (χ3v) is 6.40. The number of hydrogen-bond donors (Lipinski definition) is 3. The van der Waals surface area contributed by atoms with Crippen LogP contribution in [0.3, 0.4) is 0 Å². The average molecular weight is 428 g/mol. The summed E-state index contributed by atoms with van der Waals surface area (Å²) in [6.07, 6.45) is 2.75. The Bertz CT molecular complexity index is 1250. The molecule has 30 heavy (non-hydrogen) atoms. The van der Waals surface area contributed by atoms with Crippen molar-refractivity contribution in [1.29, 1.82) is 0 Å². The number of H-pyrrole nitrogens is 1. The van der Waals surface area contributed by atoms with Crippen molar-refractivity contribution in [2.75, 3.05) is 4.72 Å². The molecule has 0 bridgehead atoms. The number of benzene rings is 2. The molecule has 0 saturated heterocycles. The molecule has 0 fully saturated rings. The zero-order valence-corrected chi connectivity index (χ0v) is 18.0. The molecule has 7 nitrogen and oxygen atoms in total. The highest BCUT2D eigenvalue weighted by molar-refractivity contribution is 7.92. The van der Waals surface area contributed by atoms with Crippen molar-refractivity contribution in [1.82, 2.24) is 10.3 Å². The normalized spacial score (nSPS) is 12.5. The number of rotatable bonds is 7. The molecule has 0 aliphatic carbocycles. The van der Waals surface area contributed by atoms with E-state index in [1.807, 2.05) is 32.9 Å². The average Bonchev–Trinajstić information content (AvgIpc) is 2.73. The molecule has 8 heteroatoms. The molecule has 3 aromatic rings. The van der Waals surface area contributed by atoms with Crippen LogP contribution in [0.4, 0.5) is 5.69 Å². The summed E-state index contributed by atoms with van der Waals surface area (Å²) >= 11 is 0. The second kappa shape index (κ2) is 8.71. The molecule has 1 amide bonds. The van der Waals surface area contributed by atoms with Gasteiger partial charge in [0, 0.05) is 23.1 Å². The third-order valence-electron chi connectivity index (χ3n) is 5.04. The predicted molar refractivity (Wildman–Crippen MR) is 118 cm³/mol. The smallest absolute Gasteiger partial charge is 0.261 e. The molecule has 1 heterocycles. The maximum absolute atomic E-state index is 12.9. The Balaban J connectivity index is 2.02. The number of carbonyl (C=O) groups excluding carboxylic acids is 1. The number of para-hydroxylation sites is 1. The minimum Gasteiger partial charge on any atom is -0.360 e. The lowest BCUT2D eigenvalue weighted by atomic mass is 10.1. The lowest BCUT2D eigenvalue weighted by Crippen LogP contribution is -2.35. The zero-order chi connectivity index (χ0) is 21.9. The number of anilines is 1. The Morgan fingerprint density at radius 3 is 2.57 bits per heavy atom. The number of hydrogen-bond acceptors (Lipinski definition) is 4. The van der Waals surface area contributed by atoms with Gasteiger partial charge < -0.3 is 10.3 Å². The van der Waals surface area contributed by atoms with E-state index < -0.39 is 21.4 Å². The highest BCUT2D eigenvalue weighted by Gasteiger charge is 2.19. The van der Waals surface area contributed by atoms with Gasteiger partial charge in [0.15, 0.2) is 0 Å². The molecule has 0 unspecified atom stereocenters. The van der Waals surface area contributed by atoms with Crippen LogP contribution in [-0.4, -0.2) is 25.4 Å². The number of aromatic nitrogens is 1. The van der Waals surface area contributed by atoms with E-state index in [-0.39, 0.29) is 21.9 Å². The van der Waals surface area contributed by atoms with Crippen molar-refractivity contribution in [3.63, 3.8) is 0 Å². The first-order valence-electron chi connectivity index (χ1n) is 9.83. The van der Waals surface area contributed by atoms with Crippen LogP contribution >= 0.6 is 0 Å². The summed E-state index contributed by atoms with van der Waals surface area (Å²) in [5.74, 6) is -0.490. The van der Waals surface area contributed by atoms with Gasteiger partial charge in [0.25, 0.3) is 15.9 Å². The summed E-state index contributed by atoms with van der Waals surface area (Å²) in [7, 11) is -3.91. The summed E-state index contributed by atoms with van der Waals surface area (Å²) < 4.78 is 28.4. The molecule has 1 aromatic heterocycles. The van der Waals surface area contributed by atoms with Crippen LogP contribution in [0.5, 0.6) is 0 Å². The Morgan fingerprint density at radius 1 is 1.13 bits per heavy atom. The second-order valence-corrected chi connectivity index (χ2v) is 8.82. The molecule has 2 aromatic carbocycles. The van der Waals surface area contributed by atoms with Gasteiger partial charge in [-0.25, -0.2) is 8.42 Å². The molecular formula is C22H25N3O4S. The fraction of sp³-hybridized carbons (Fsp3) is 0.273. The quantitative estimate of drug-likeness (QED) is 0.537. The molecule has 0 radical (unpaired) electrons. The predicted octanol–water partition coefficient (Wildman–Crippen LogP) is 3.42. The van der Waals surface area contributed by atoms with Gasteiger partial charge in [-0.3, -0.25) is 14.3 Å². The number of fused-ring (bicyclic) bond motifs is 1. The summed E-state index contributed by atoms with van der Waals surface area (Å²) in [6.45, 7) is 5.71. The van der Waals surface area contributed by atoms with Gasteiger partial charge in [0.05, 0.1) is 10.6 Å². The molecule has 0 aliphatic rings. The standard InChI is InChI=1S/C22H25N3O4S/c1-4-14(3)24-22(27)18-13-23-20-11-10-16(12-17(20)21(18)26)30(28,29)25-19-9-7-6-8-15(19)5-2/h6-14,25H,4-5H2,1-3H3,(H,23,26)(H,24,27)/t14-/m1/s1. The van der Waals surface area contributed by atoms with E-state index in [9.17, 15) is 18.0 Å². The van der Waals surface area contributed by atoms with Crippen molar-refractivity contribution in [2.45, 2.75) is 44.6 Å². The molecule has 3 rings (SSSR count). The number of sulfonamides is 1. The zero-order valence-electron chi connectivity index (χ0n) is 17.2. The molecule has 0 spiro atoms. The van der Waals surface area contributed by atoms with Gasteiger partial charge in [-0.15, -0.1) is 0 Å². The van der Waals surface area contributed by atoms with Gasteiger partial charge in [0.2, 0.25) is 5.43 Å². The molecule has 1 atom stereocenters. The van der Waals surface area contributed by atoms with Crippen molar-refractivity contribution in [3.05, 3.63) is 70.0 Å². The van der Waals surface area contributed by atoms with Gasteiger partial charge in [-0.05, 0) is 49.6 Å². The van der Waals surface area contributed by atoms with Crippen LogP contribution < -0.4 is 15.5 Å². The number of nitrogens with one attached hydrogen (secondary N) is 3. The van der Waals surface area contributed by atoms with Gasteiger partial charge >= 0.3 is 0 Å². The number of aryl methyl sites for hydroxylation is 1. The SMILES string of the molecule is CCc1ccccc1NS(=O)(=O)c1ccc2[nH]cc(C(=O)N[C@H](C)CC)c(=O)c2c1. The van der Waals surface area contributed by atoms with Crippen molar-refractivity contribution >= 4 is 32.5 Å². The monoisotopic (exact) mass is 427 g/mol. The van der Waals surface area contributed by atoms with E-state index in [0.29, 0.717) is 17.6 Å². The van der Waals surface area contributed by atoms with E-state index in [1.165, 1.54) is 24.4 Å². The molecule has 0 aliphatic heterocycles. The molecule has 3 N–H and O–H groups in total. The maximum Gasteiger partial charge on any atom is 0.261 e. The van der Waals surface area contributed by atoms with Crippen LogP contribution in [0.15, 0.2) is 58.4 Å². The number of amides is 1. The highest BCUT2D eigenvalue weighted by atomic mass is 32.2. The Kier molecular flexibility index (Phi) is 6.26. The summed E-state index contributed by atoms with van der Waals surface area (Å²) in [5, 5.41) is 2.89. The van der Waals surface area contributed by atoms with E-state index in [4.69, 9.17) is 0 Å². The first-order chi connectivity index (χ1) is 14.3. The fourth-order valence-electron chi connectivity index (χ4n) is 3.07. The fourth-order valence-corrected chi connectivity index (χ4v) is 4.20. The number of carbonyl (C=O) groups is 1. The van der Waals surface area contributed by atoms with E-state index >= 15 is 0 Å². The Labute approximate surface area is 175 Å². The largest absolute Gasteiger partial charge is 0.360 e. The van der Waals surface area contributed by atoms with E-state index in [1.54, 1.807) is 12.1 Å². The van der Waals surface area contributed by atoms with Crippen molar-refractivity contribution < 1.29 is 13.2 Å². The number of aromatic amines is 1. The minimum atomic E-state index is -3.91.